The molecule has 1 saturated carbocycles. The lowest BCUT2D eigenvalue weighted by atomic mass is 9.94. The molecule has 0 bridgehead atoms. The van der Waals surface area contributed by atoms with E-state index in [4.69, 9.17) is 10.8 Å². The Kier molecular flexibility index (Phi) is 5.67. The van der Waals surface area contributed by atoms with Crippen molar-refractivity contribution in [3.8, 4) is 5.69 Å². The van der Waals surface area contributed by atoms with Gasteiger partial charge in [0, 0.05) is 38.0 Å². The van der Waals surface area contributed by atoms with Crippen molar-refractivity contribution in [2.75, 3.05) is 25.4 Å². The summed E-state index contributed by atoms with van der Waals surface area (Å²) < 4.78 is 2.61. The number of hydrogen-bond donors (Lipinski definition) is 1. The number of halogens is 1. The molecular formula is C27H27BrN6O2. The van der Waals surface area contributed by atoms with E-state index in [9.17, 15) is 9.59 Å². The molecule has 0 unspecified atom stereocenters. The molecule has 6 rings (SSSR count). The Bertz CT molecular complexity index is 1380. The first-order valence-electron chi connectivity index (χ1n) is 12.3. The summed E-state index contributed by atoms with van der Waals surface area (Å²) >= 11 is 3.31. The highest BCUT2D eigenvalue weighted by molar-refractivity contribution is 9.10. The molecule has 3 aliphatic rings. The summed E-state index contributed by atoms with van der Waals surface area (Å²) in [4.78, 5) is 34.1. The molecule has 2 amide bonds. The standard InChI is InChI=1S/C27H27BrN6O2/c1-2-24(35)32-13-11-20-25-21(34(31-20)18-7-5-17(6-8-18)16-3-4-16)12-14-33(22(25)15-32)27(36)19-9-10-23(28)30-26(19)29/h2,5-10,16,22H,1,3-4,11-15H2,(H2,29,30)/t22-/m1/s1. The van der Waals surface area contributed by atoms with Crippen LogP contribution in [0.15, 0.2) is 53.7 Å². The van der Waals surface area contributed by atoms with Gasteiger partial charge in [-0.05, 0) is 70.6 Å². The van der Waals surface area contributed by atoms with E-state index in [1.807, 2.05) is 9.58 Å². The van der Waals surface area contributed by atoms with Gasteiger partial charge in [0.1, 0.15) is 10.4 Å². The summed E-state index contributed by atoms with van der Waals surface area (Å²) in [7, 11) is 0. The van der Waals surface area contributed by atoms with Gasteiger partial charge in [-0.3, -0.25) is 9.59 Å². The fourth-order valence-electron chi connectivity index (χ4n) is 5.47. The zero-order valence-corrected chi connectivity index (χ0v) is 21.4. The predicted molar refractivity (Wildman–Crippen MR) is 140 cm³/mol. The Hall–Kier alpha value is -3.46. The van der Waals surface area contributed by atoms with Crippen molar-refractivity contribution in [3.63, 3.8) is 0 Å². The van der Waals surface area contributed by atoms with E-state index in [2.05, 4.69) is 51.8 Å². The fourth-order valence-corrected chi connectivity index (χ4v) is 5.79. The van der Waals surface area contributed by atoms with Crippen LogP contribution < -0.4 is 5.73 Å². The van der Waals surface area contributed by atoms with Gasteiger partial charge in [-0.15, -0.1) is 0 Å². The number of pyridine rings is 1. The highest BCUT2D eigenvalue weighted by Crippen LogP contribution is 2.41. The van der Waals surface area contributed by atoms with Crippen LogP contribution in [0.25, 0.3) is 5.69 Å². The van der Waals surface area contributed by atoms with Crippen LogP contribution >= 0.6 is 15.9 Å². The van der Waals surface area contributed by atoms with Gasteiger partial charge in [0.05, 0.1) is 28.7 Å². The average molecular weight is 547 g/mol. The first-order valence-corrected chi connectivity index (χ1v) is 13.1. The largest absolute Gasteiger partial charge is 0.383 e. The summed E-state index contributed by atoms with van der Waals surface area (Å²) in [6, 6.07) is 11.8. The summed E-state index contributed by atoms with van der Waals surface area (Å²) in [5, 5.41) is 5.02. The molecule has 9 heteroatoms. The average Bonchev–Trinajstić information content (AvgIpc) is 3.69. The third-order valence-electron chi connectivity index (χ3n) is 7.46. The van der Waals surface area contributed by atoms with Crippen LogP contribution in [0.3, 0.4) is 0 Å². The van der Waals surface area contributed by atoms with Gasteiger partial charge >= 0.3 is 0 Å². The number of amides is 2. The summed E-state index contributed by atoms with van der Waals surface area (Å²) in [6.45, 7) is 5.06. The molecule has 2 aromatic heterocycles. The third-order valence-corrected chi connectivity index (χ3v) is 7.91. The molecule has 1 fully saturated rings. The number of aromatic nitrogens is 3. The van der Waals surface area contributed by atoms with Crippen molar-refractivity contribution in [1.82, 2.24) is 24.6 Å². The van der Waals surface area contributed by atoms with Gasteiger partial charge < -0.3 is 15.5 Å². The molecule has 2 aliphatic heterocycles. The van der Waals surface area contributed by atoms with Crippen LogP contribution in [0.5, 0.6) is 0 Å². The number of anilines is 1. The van der Waals surface area contributed by atoms with Gasteiger partial charge in [0.25, 0.3) is 5.91 Å². The normalized spacial score (nSPS) is 19.0. The maximum Gasteiger partial charge on any atom is 0.258 e. The fraction of sp³-hybridized carbons (Fsp3) is 0.333. The lowest BCUT2D eigenvalue weighted by Gasteiger charge is -2.38. The van der Waals surface area contributed by atoms with Crippen molar-refractivity contribution in [3.05, 3.63) is 81.7 Å². The molecule has 3 aromatic rings. The van der Waals surface area contributed by atoms with Crippen molar-refractivity contribution in [2.45, 2.75) is 37.6 Å². The van der Waals surface area contributed by atoms with Crippen LogP contribution in [0.2, 0.25) is 0 Å². The second kappa shape index (κ2) is 8.89. The van der Waals surface area contributed by atoms with Crippen molar-refractivity contribution in [1.29, 1.82) is 0 Å². The summed E-state index contributed by atoms with van der Waals surface area (Å²) in [6.07, 6.45) is 5.15. The molecule has 36 heavy (non-hydrogen) atoms. The quantitative estimate of drug-likeness (QED) is 0.396. The van der Waals surface area contributed by atoms with Gasteiger partial charge in [-0.1, -0.05) is 18.7 Å². The monoisotopic (exact) mass is 546 g/mol. The lowest BCUT2D eigenvalue weighted by molar-refractivity contribution is -0.126. The predicted octanol–water partition coefficient (Wildman–Crippen LogP) is 3.80. The van der Waals surface area contributed by atoms with E-state index >= 15 is 0 Å². The van der Waals surface area contributed by atoms with E-state index in [-0.39, 0.29) is 23.7 Å². The zero-order valence-electron chi connectivity index (χ0n) is 19.9. The van der Waals surface area contributed by atoms with Crippen LogP contribution in [0.4, 0.5) is 5.82 Å². The van der Waals surface area contributed by atoms with Gasteiger partial charge in [-0.2, -0.15) is 5.10 Å². The number of carbonyl (C=O) groups is 2. The molecule has 2 N–H and O–H groups in total. The molecule has 1 aromatic carbocycles. The second-order valence-electron chi connectivity index (χ2n) is 9.65. The van der Waals surface area contributed by atoms with Crippen LogP contribution in [0.1, 0.15) is 57.7 Å². The number of hydrogen-bond acceptors (Lipinski definition) is 5. The Morgan fingerprint density at radius 2 is 1.86 bits per heavy atom. The molecule has 4 heterocycles. The molecule has 1 aliphatic carbocycles. The molecule has 184 valence electrons. The number of carbonyl (C=O) groups excluding carboxylic acids is 2. The number of nitrogen functional groups attached to an aromatic ring is 1. The molecular weight excluding hydrogens is 520 g/mol. The Morgan fingerprint density at radius 3 is 2.56 bits per heavy atom. The maximum atomic E-state index is 13.7. The minimum absolute atomic E-state index is 0.145. The Morgan fingerprint density at radius 1 is 1.08 bits per heavy atom. The van der Waals surface area contributed by atoms with Gasteiger partial charge in [0.2, 0.25) is 5.91 Å². The molecule has 0 saturated heterocycles. The number of benzene rings is 1. The van der Waals surface area contributed by atoms with E-state index in [1.165, 1.54) is 24.5 Å². The first-order chi connectivity index (χ1) is 17.4. The number of rotatable bonds is 4. The minimum atomic E-state index is -0.329. The SMILES string of the molecule is C=CC(=O)N1CCc2nn(-c3ccc(C4CC4)cc3)c3c2[C@@H](C1)N(C(=O)c1ccc(Br)nc1N)CC3. The van der Waals surface area contributed by atoms with Crippen LogP contribution in [0, 0.1) is 0 Å². The van der Waals surface area contributed by atoms with Crippen LogP contribution in [-0.2, 0) is 17.6 Å². The van der Waals surface area contributed by atoms with Crippen molar-refractivity contribution >= 4 is 33.6 Å². The second-order valence-corrected chi connectivity index (χ2v) is 10.5. The molecule has 0 spiro atoms. The first kappa shape index (κ1) is 23.0. The van der Waals surface area contributed by atoms with Crippen LogP contribution in [-0.4, -0.2) is 56.0 Å². The minimum Gasteiger partial charge on any atom is -0.383 e. The molecule has 0 radical (unpaired) electrons. The number of nitrogens with two attached hydrogens (primary N) is 1. The van der Waals surface area contributed by atoms with Gasteiger partial charge in [-0.25, -0.2) is 9.67 Å². The third kappa shape index (κ3) is 3.91. The molecule has 1 atom stereocenters. The maximum absolute atomic E-state index is 13.7. The highest BCUT2D eigenvalue weighted by Gasteiger charge is 2.40. The molecule has 8 nitrogen and oxygen atoms in total. The summed E-state index contributed by atoms with van der Waals surface area (Å²) in [5.74, 6) is 0.542. The van der Waals surface area contributed by atoms with E-state index in [0.29, 0.717) is 48.6 Å². The topological polar surface area (TPSA) is 97.4 Å². The van der Waals surface area contributed by atoms with Crippen molar-refractivity contribution < 1.29 is 9.59 Å². The van der Waals surface area contributed by atoms with Gasteiger partial charge in [0.15, 0.2) is 0 Å². The Balaban J connectivity index is 1.41. The Labute approximate surface area is 217 Å². The smallest absolute Gasteiger partial charge is 0.258 e. The van der Waals surface area contributed by atoms with E-state index in [1.54, 1.807) is 17.0 Å². The number of nitrogens with zero attached hydrogens (tertiary/aromatic N) is 5. The van der Waals surface area contributed by atoms with E-state index < -0.39 is 0 Å². The van der Waals surface area contributed by atoms with E-state index in [0.717, 1.165) is 22.6 Å². The lowest BCUT2D eigenvalue weighted by Crippen LogP contribution is -2.46. The summed E-state index contributed by atoms with van der Waals surface area (Å²) in [5.41, 5.74) is 12.0. The van der Waals surface area contributed by atoms with Crippen molar-refractivity contribution in [2.24, 2.45) is 0 Å². The zero-order chi connectivity index (χ0) is 25.0. The highest BCUT2D eigenvalue weighted by atomic mass is 79.9.